The van der Waals surface area contributed by atoms with E-state index in [0.29, 0.717) is 5.82 Å². The van der Waals surface area contributed by atoms with Gasteiger partial charge in [0.25, 0.3) is 0 Å². The van der Waals surface area contributed by atoms with E-state index in [0.717, 1.165) is 12.1 Å². The molecule has 0 aliphatic rings. The zero-order valence-corrected chi connectivity index (χ0v) is 11.4. The minimum atomic E-state index is -1.53. The minimum absolute atomic E-state index is 0.107. The highest BCUT2D eigenvalue weighted by Crippen LogP contribution is 2.29. The minimum Gasteiger partial charge on any atom is -0.324 e. The van der Waals surface area contributed by atoms with Crippen LogP contribution in [0.5, 0.6) is 0 Å². The molecule has 0 spiro atoms. The molecule has 0 unspecified atom stereocenters. The Morgan fingerprint density at radius 2 is 1.75 bits per heavy atom. The van der Waals surface area contributed by atoms with Crippen LogP contribution in [0.25, 0.3) is 11.4 Å². The standard InChI is InChI=1S/C13H15F3N4/c1-13(2,3)20-9(6-17)18-19-12(20)7-4-5-8(14)11(16)10(7)15/h4-5H,6,17H2,1-3H3. The molecule has 0 radical (unpaired) electrons. The molecule has 0 aliphatic heterocycles. The topological polar surface area (TPSA) is 56.7 Å². The summed E-state index contributed by atoms with van der Waals surface area (Å²) in [6.07, 6.45) is 0. The van der Waals surface area contributed by atoms with Gasteiger partial charge in [0.05, 0.1) is 12.1 Å². The Morgan fingerprint density at radius 1 is 1.10 bits per heavy atom. The number of rotatable bonds is 2. The Balaban J connectivity index is 2.72. The van der Waals surface area contributed by atoms with Crippen LogP contribution in [0.1, 0.15) is 26.6 Å². The highest BCUT2D eigenvalue weighted by Gasteiger charge is 2.26. The van der Waals surface area contributed by atoms with Crippen LogP contribution in [0.15, 0.2) is 12.1 Å². The van der Waals surface area contributed by atoms with E-state index in [-0.39, 0.29) is 17.9 Å². The summed E-state index contributed by atoms with van der Waals surface area (Å²) in [6.45, 7) is 5.68. The Labute approximate surface area is 114 Å². The highest BCUT2D eigenvalue weighted by molar-refractivity contribution is 5.57. The molecule has 20 heavy (non-hydrogen) atoms. The molecule has 0 saturated heterocycles. The predicted octanol–water partition coefficient (Wildman–Crippen LogP) is 2.58. The first-order valence-corrected chi connectivity index (χ1v) is 6.06. The SMILES string of the molecule is CC(C)(C)n1c(CN)nnc1-c1ccc(F)c(F)c1F. The smallest absolute Gasteiger partial charge is 0.195 e. The van der Waals surface area contributed by atoms with Crippen LogP contribution in [0, 0.1) is 17.5 Å². The fourth-order valence-corrected chi connectivity index (χ4v) is 2.03. The van der Waals surface area contributed by atoms with Crippen LogP contribution >= 0.6 is 0 Å². The summed E-state index contributed by atoms with van der Waals surface area (Å²) in [6, 6.07) is 2.00. The van der Waals surface area contributed by atoms with Gasteiger partial charge in [-0.15, -0.1) is 10.2 Å². The van der Waals surface area contributed by atoms with E-state index < -0.39 is 23.0 Å². The highest BCUT2D eigenvalue weighted by atomic mass is 19.2. The second-order valence-corrected chi connectivity index (χ2v) is 5.37. The van der Waals surface area contributed by atoms with Gasteiger partial charge in [-0.3, -0.25) is 0 Å². The molecule has 2 N–H and O–H groups in total. The summed E-state index contributed by atoms with van der Waals surface area (Å²) < 4.78 is 41.9. The second kappa shape index (κ2) is 4.90. The average molecular weight is 284 g/mol. The van der Waals surface area contributed by atoms with Crippen molar-refractivity contribution in [3.8, 4) is 11.4 Å². The molecule has 0 amide bonds. The van der Waals surface area contributed by atoms with E-state index in [1.54, 1.807) is 4.57 Å². The normalized spacial score (nSPS) is 11.9. The lowest BCUT2D eigenvalue weighted by molar-refractivity contribution is 0.385. The Kier molecular flexibility index (Phi) is 3.56. The van der Waals surface area contributed by atoms with Gasteiger partial charge in [0.2, 0.25) is 0 Å². The lowest BCUT2D eigenvalue weighted by atomic mass is 10.1. The van der Waals surface area contributed by atoms with Gasteiger partial charge < -0.3 is 10.3 Å². The van der Waals surface area contributed by atoms with Crippen LogP contribution in [0.2, 0.25) is 0 Å². The monoisotopic (exact) mass is 284 g/mol. The third kappa shape index (κ3) is 2.29. The van der Waals surface area contributed by atoms with Gasteiger partial charge in [0, 0.05) is 5.54 Å². The number of halogens is 3. The summed E-state index contributed by atoms with van der Waals surface area (Å²) in [7, 11) is 0. The molecule has 1 aromatic heterocycles. The van der Waals surface area contributed by atoms with Crippen LogP contribution < -0.4 is 5.73 Å². The number of hydrogen-bond donors (Lipinski definition) is 1. The number of aromatic nitrogens is 3. The van der Waals surface area contributed by atoms with Crippen molar-refractivity contribution in [1.29, 1.82) is 0 Å². The number of nitrogens with zero attached hydrogens (tertiary/aromatic N) is 3. The van der Waals surface area contributed by atoms with Gasteiger partial charge >= 0.3 is 0 Å². The third-order valence-corrected chi connectivity index (χ3v) is 2.86. The molecular weight excluding hydrogens is 269 g/mol. The molecule has 0 bridgehead atoms. The van der Waals surface area contributed by atoms with Crippen molar-refractivity contribution in [3.05, 3.63) is 35.4 Å². The molecular formula is C13H15F3N4. The van der Waals surface area contributed by atoms with E-state index in [4.69, 9.17) is 5.73 Å². The summed E-state index contributed by atoms with van der Waals surface area (Å²) in [5.41, 5.74) is 4.95. The molecule has 0 atom stereocenters. The van der Waals surface area contributed by atoms with Gasteiger partial charge in [-0.05, 0) is 32.9 Å². The van der Waals surface area contributed by atoms with Crippen molar-refractivity contribution in [2.45, 2.75) is 32.9 Å². The molecule has 0 aliphatic carbocycles. The zero-order chi connectivity index (χ0) is 15.1. The molecule has 2 rings (SSSR count). The van der Waals surface area contributed by atoms with Crippen LogP contribution in [0.4, 0.5) is 13.2 Å². The summed E-state index contributed by atoms with van der Waals surface area (Å²) in [5, 5.41) is 7.73. The maximum atomic E-state index is 13.9. The summed E-state index contributed by atoms with van der Waals surface area (Å²) in [5.74, 6) is -3.50. The average Bonchev–Trinajstić information content (AvgIpc) is 2.79. The molecule has 0 fully saturated rings. The third-order valence-electron chi connectivity index (χ3n) is 2.86. The lowest BCUT2D eigenvalue weighted by Crippen LogP contribution is -2.26. The van der Waals surface area contributed by atoms with Crippen molar-refractivity contribution in [1.82, 2.24) is 14.8 Å². The van der Waals surface area contributed by atoms with E-state index >= 15 is 0 Å². The maximum absolute atomic E-state index is 13.9. The number of nitrogens with two attached hydrogens (primary N) is 1. The van der Waals surface area contributed by atoms with Crippen molar-refractivity contribution in [3.63, 3.8) is 0 Å². The van der Waals surface area contributed by atoms with Crippen LogP contribution in [0.3, 0.4) is 0 Å². The van der Waals surface area contributed by atoms with Crippen LogP contribution in [-0.2, 0) is 12.1 Å². The molecule has 2 aromatic rings. The summed E-state index contributed by atoms with van der Waals surface area (Å²) >= 11 is 0. The predicted molar refractivity (Wildman–Crippen MR) is 68.2 cm³/mol. The van der Waals surface area contributed by atoms with Gasteiger partial charge in [0.1, 0.15) is 5.82 Å². The van der Waals surface area contributed by atoms with Gasteiger partial charge in [-0.2, -0.15) is 0 Å². The van der Waals surface area contributed by atoms with Crippen molar-refractivity contribution in [2.75, 3.05) is 0 Å². The lowest BCUT2D eigenvalue weighted by Gasteiger charge is -2.24. The molecule has 1 aromatic carbocycles. The maximum Gasteiger partial charge on any atom is 0.195 e. The zero-order valence-electron chi connectivity index (χ0n) is 11.4. The fourth-order valence-electron chi connectivity index (χ4n) is 2.03. The van der Waals surface area contributed by atoms with Crippen molar-refractivity contribution in [2.24, 2.45) is 5.73 Å². The number of benzene rings is 1. The fraction of sp³-hybridized carbons (Fsp3) is 0.385. The van der Waals surface area contributed by atoms with E-state index in [1.807, 2.05) is 20.8 Å². The van der Waals surface area contributed by atoms with Gasteiger partial charge in [0.15, 0.2) is 23.3 Å². The molecule has 0 saturated carbocycles. The van der Waals surface area contributed by atoms with Crippen molar-refractivity contribution < 1.29 is 13.2 Å². The largest absolute Gasteiger partial charge is 0.324 e. The quantitative estimate of drug-likeness (QED) is 0.862. The van der Waals surface area contributed by atoms with Gasteiger partial charge in [-0.1, -0.05) is 0 Å². The second-order valence-electron chi connectivity index (χ2n) is 5.37. The van der Waals surface area contributed by atoms with Crippen molar-refractivity contribution >= 4 is 0 Å². The van der Waals surface area contributed by atoms with Gasteiger partial charge in [-0.25, -0.2) is 13.2 Å². The first-order valence-electron chi connectivity index (χ1n) is 6.06. The molecule has 7 heteroatoms. The molecule has 4 nitrogen and oxygen atoms in total. The van der Waals surface area contributed by atoms with E-state index in [9.17, 15) is 13.2 Å². The Morgan fingerprint density at radius 3 is 2.30 bits per heavy atom. The molecule has 108 valence electrons. The number of hydrogen-bond acceptors (Lipinski definition) is 3. The summed E-state index contributed by atoms with van der Waals surface area (Å²) in [4.78, 5) is 0. The Hall–Kier alpha value is -1.89. The van der Waals surface area contributed by atoms with Crippen LogP contribution in [-0.4, -0.2) is 14.8 Å². The van der Waals surface area contributed by atoms with E-state index in [1.165, 1.54) is 0 Å². The van der Waals surface area contributed by atoms with E-state index in [2.05, 4.69) is 10.2 Å². The first-order chi connectivity index (χ1) is 9.27. The molecule has 1 heterocycles. The first kappa shape index (κ1) is 14.5. The Bertz CT molecular complexity index is 644.